The minimum atomic E-state index is -0.236. The second-order valence-corrected chi connectivity index (χ2v) is 6.11. The summed E-state index contributed by atoms with van der Waals surface area (Å²) in [7, 11) is 0. The number of fused-ring (bicyclic) bond motifs is 1. The van der Waals surface area contributed by atoms with E-state index in [1.165, 1.54) is 6.07 Å². The summed E-state index contributed by atoms with van der Waals surface area (Å²) in [5.41, 5.74) is 2.53. The maximum atomic E-state index is 13.8. The van der Waals surface area contributed by atoms with Gasteiger partial charge in [0.1, 0.15) is 5.82 Å². The molecular weight excluding hydrogens is 319 g/mol. The zero-order chi connectivity index (χ0) is 14.1. The topological polar surface area (TPSA) is 17.1 Å². The standard InChI is InChI=1S/C17H14BrFO/c18-14-7-8-16(19)13(10-14)9-12-6-5-11-3-1-2-4-15(11)17(12)20/h1-4,7-8,10,12H,5-6,9H2. The molecule has 20 heavy (non-hydrogen) atoms. The molecule has 0 amide bonds. The van der Waals surface area contributed by atoms with Crippen molar-refractivity contribution in [2.75, 3.05) is 0 Å². The van der Waals surface area contributed by atoms with Crippen LogP contribution in [0, 0.1) is 11.7 Å². The molecule has 2 aromatic carbocycles. The summed E-state index contributed by atoms with van der Waals surface area (Å²) in [4.78, 5) is 12.5. The Balaban J connectivity index is 1.86. The second kappa shape index (κ2) is 5.49. The molecule has 1 atom stereocenters. The highest BCUT2D eigenvalue weighted by molar-refractivity contribution is 9.10. The van der Waals surface area contributed by atoms with Gasteiger partial charge in [0.15, 0.2) is 5.78 Å². The fraction of sp³-hybridized carbons (Fsp3) is 0.235. The van der Waals surface area contributed by atoms with Gasteiger partial charge in [-0.1, -0.05) is 40.2 Å². The first kappa shape index (κ1) is 13.5. The van der Waals surface area contributed by atoms with Crippen molar-refractivity contribution in [1.82, 2.24) is 0 Å². The van der Waals surface area contributed by atoms with Gasteiger partial charge in [-0.2, -0.15) is 0 Å². The van der Waals surface area contributed by atoms with Crippen molar-refractivity contribution in [3.63, 3.8) is 0 Å². The minimum absolute atomic E-state index is 0.117. The first-order valence-corrected chi connectivity index (χ1v) is 7.50. The Morgan fingerprint density at radius 1 is 1.20 bits per heavy atom. The molecule has 0 aromatic heterocycles. The lowest BCUT2D eigenvalue weighted by atomic mass is 9.80. The van der Waals surface area contributed by atoms with Crippen LogP contribution in [0.3, 0.4) is 0 Å². The van der Waals surface area contributed by atoms with Gasteiger partial charge in [-0.15, -0.1) is 0 Å². The van der Waals surface area contributed by atoms with E-state index >= 15 is 0 Å². The predicted octanol–water partition coefficient (Wildman–Crippen LogP) is 4.58. The average molecular weight is 333 g/mol. The molecule has 1 nitrogen and oxygen atoms in total. The number of hydrogen-bond acceptors (Lipinski definition) is 1. The van der Waals surface area contributed by atoms with E-state index in [9.17, 15) is 9.18 Å². The Bertz CT molecular complexity index is 666. The maximum Gasteiger partial charge on any atom is 0.166 e. The van der Waals surface area contributed by atoms with Crippen LogP contribution in [0.1, 0.15) is 27.9 Å². The van der Waals surface area contributed by atoms with Crippen LogP contribution in [0.5, 0.6) is 0 Å². The Morgan fingerprint density at radius 2 is 2.00 bits per heavy atom. The second-order valence-electron chi connectivity index (χ2n) is 5.20. The molecule has 1 unspecified atom stereocenters. The lowest BCUT2D eigenvalue weighted by Crippen LogP contribution is -2.24. The van der Waals surface area contributed by atoms with Gasteiger partial charge in [-0.25, -0.2) is 4.39 Å². The van der Waals surface area contributed by atoms with Crippen molar-refractivity contribution in [2.45, 2.75) is 19.3 Å². The third-order valence-electron chi connectivity index (χ3n) is 3.89. The van der Waals surface area contributed by atoms with Crippen LogP contribution in [-0.2, 0) is 12.8 Å². The highest BCUT2D eigenvalue weighted by atomic mass is 79.9. The molecule has 0 heterocycles. The zero-order valence-corrected chi connectivity index (χ0v) is 12.5. The van der Waals surface area contributed by atoms with Crippen molar-refractivity contribution in [1.29, 1.82) is 0 Å². The van der Waals surface area contributed by atoms with E-state index < -0.39 is 0 Å². The molecule has 0 bridgehead atoms. The fourth-order valence-electron chi connectivity index (χ4n) is 2.82. The maximum absolute atomic E-state index is 13.8. The molecule has 2 aromatic rings. The summed E-state index contributed by atoms with van der Waals surface area (Å²) in [5.74, 6) is -0.209. The highest BCUT2D eigenvalue weighted by Crippen LogP contribution is 2.29. The van der Waals surface area contributed by atoms with Gasteiger partial charge >= 0.3 is 0 Å². The molecule has 0 aliphatic heterocycles. The Morgan fingerprint density at radius 3 is 2.85 bits per heavy atom. The predicted molar refractivity (Wildman–Crippen MR) is 80.4 cm³/mol. The summed E-state index contributed by atoms with van der Waals surface area (Å²) in [6.45, 7) is 0. The Hall–Kier alpha value is -1.48. The Labute approximate surface area is 126 Å². The lowest BCUT2D eigenvalue weighted by molar-refractivity contribution is 0.0901. The largest absolute Gasteiger partial charge is 0.294 e. The van der Waals surface area contributed by atoms with Crippen molar-refractivity contribution in [3.8, 4) is 0 Å². The normalized spacial score (nSPS) is 17.9. The number of hydrogen-bond donors (Lipinski definition) is 0. The summed E-state index contributed by atoms with van der Waals surface area (Å²) >= 11 is 3.35. The van der Waals surface area contributed by atoms with Gasteiger partial charge in [-0.05, 0) is 48.6 Å². The molecule has 0 saturated carbocycles. The SMILES string of the molecule is O=C1c2ccccc2CCC1Cc1cc(Br)ccc1F. The number of benzene rings is 2. The quantitative estimate of drug-likeness (QED) is 0.786. The van der Waals surface area contributed by atoms with Crippen molar-refractivity contribution in [3.05, 3.63) is 69.4 Å². The number of Topliss-reactive ketones (excluding diaryl/α,β-unsaturated/α-hetero) is 1. The van der Waals surface area contributed by atoms with Crippen molar-refractivity contribution in [2.24, 2.45) is 5.92 Å². The fourth-order valence-corrected chi connectivity index (χ4v) is 3.23. The third-order valence-corrected chi connectivity index (χ3v) is 4.38. The minimum Gasteiger partial charge on any atom is -0.294 e. The summed E-state index contributed by atoms with van der Waals surface area (Å²) in [6.07, 6.45) is 2.16. The van der Waals surface area contributed by atoms with E-state index in [0.717, 1.165) is 28.4 Å². The van der Waals surface area contributed by atoms with E-state index in [-0.39, 0.29) is 17.5 Å². The highest BCUT2D eigenvalue weighted by Gasteiger charge is 2.27. The molecule has 0 spiro atoms. The van der Waals surface area contributed by atoms with E-state index in [4.69, 9.17) is 0 Å². The summed E-state index contributed by atoms with van der Waals surface area (Å²) in [6, 6.07) is 12.6. The number of rotatable bonds is 2. The molecule has 0 N–H and O–H groups in total. The van der Waals surface area contributed by atoms with Crippen LogP contribution in [-0.4, -0.2) is 5.78 Å². The molecule has 0 fully saturated rings. The van der Waals surface area contributed by atoms with Crippen molar-refractivity contribution < 1.29 is 9.18 Å². The van der Waals surface area contributed by atoms with E-state index in [2.05, 4.69) is 15.9 Å². The summed E-state index contributed by atoms with van der Waals surface area (Å²) in [5, 5.41) is 0. The van der Waals surface area contributed by atoms with Gasteiger partial charge in [-0.3, -0.25) is 4.79 Å². The lowest BCUT2D eigenvalue weighted by Gasteiger charge is -2.23. The van der Waals surface area contributed by atoms with E-state index in [0.29, 0.717) is 12.0 Å². The Kier molecular flexibility index (Phi) is 3.70. The van der Waals surface area contributed by atoms with Crippen LogP contribution < -0.4 is 0 Å². The van der Waals surface area contributed by atoms with Gasteiger partial charge in [0, 0.05) is 16.0 Å². The number of ketones is 1. The number of carbonyl (C=O) groups is 1. The summed E-state index contributed by atoms with van der Waals surface area (Å²) < 4.78 is 14.7. The monoisotopic (exact) mass is 332 g/mol. The van der Waals surface area contributed by atoms with Crippen molar-refractivity contribution >= 4 is 21.7 Å². The number of halogens is 2. The van der Waals surface area contributed by atoms with Crippen LogP contribution in [0.4, 0.5) is 4.39 Å². The molecule has 1 aliphatic rings. The molecule has 3 rings (SSSR count). The first-order chi connectivity index (χ1) is 9.65. The first-order valence-electron chi connectivity index (χ1n) is 6.71. The van der Waals surface area contributed by atoms with Crippen LogP contribution in [0.2, 0.25) is 0 Å². The third kappa shape index (κ3) is 2.55. The zero-order valence-electron chi connectivity index (χ0n) is 10.9. The van der Waals surface area contributed by atoms with E-state index in [1.54, 1.807) is 12.1 Å². The molecule has 3 heteroatoms. The van der Waals surface area contributed by atoms with Gasteiger partial charge in [0.2, 0.25) is 0 Å². The van der Waals surface area contributed by atoms with Crippen LogP contribution >= 0.6 is 15.9 Å². The smallest absolute Gasteiger partial charge is 0.166 e. The molecular formula is C17H14BrFO. The van der Waals surface area contributed by atoms with Gasteiger partial charge in [0.05, 0.1) is 0 Å². The van der Waals surface area contributed by atoms with Crippen LogP contribution in [0.25, 0.3) is 0 Å². The van der Waals surface area contributed by atoms with Gasteiger partial charge < -0.3 is 0 Å². The molecule has 0 saturated heterocycles. The molecule has 0 radical (unpaired) electrons. The van der Waals surface area contributed by atoms with Crippen LogP contribution in [0.15, 0.2) is 46.9 Å². The number of aryl methyl sites for hydroxylation is 1. The average Bonchev–Trinajstić information content (AvgIpc) is 2.46. The molecule has 102 valence electrons. The van der Waals surface area contributed by atoms with Gasteiger partial charge in [0.25, 0.3) is 0 Å². The number of carbonyl (C=O) groups excluding carboxylic acids is 1. The molecule has 1 aliphatic carbocycles. The van der Waals surface area contributed by atoms with E-state index in [1.807, 2.05) is 24.3 Å².